The molecule has 4 aliphatic rings. The molecule has 4 nitrogen and oxygen atoms in total. The molecule has 1 saturated carbocycles. The number of hydrogen-bond donors (Lipinski definition) is 2. The monoisotopic (exact) mass is 351 g/mol. The van der Waals surface area contributed by atoms with Crippen LogP contribution in [0.1, 0.15) is 51.5 Å². The lowest BCUT2D eigenvalue weighted by Crippen LogP contribution is -2.48. The number of carbonyl (C=O) groups is 1. The summed E-state index contributed by atoms with van der Waals surface area (Å²) in [5, 5.41) is 0. The van der Waals surface area contributed by atoms with Crippen molar-refractivity contribution >= 4 is 5.91 Å². The van der Waals surface area contributed by atoms with E-state index in [4.69, 9.17) is 0 Å². The highest BCUT2D eigenvalue weighted by Crippen LogP contribution is 2.54. The van der Waals surface area contributed by atoms with Gasteiger partial charge in [0.05, 0.1) is 0 Å². The highest BCUT2D eigenvalue weighted by atomic mass is 16.2. The van der Waals surface area contributed by atoms with Crippen molar-refractivity contribution < 1.29 is 4.79 Å². The molecule has 0 spiro atoms. The fourth-order valence-electron chi connectivity index (χ4n) is 6.00. The summed E-state index contributed by atoms with van der Waals surface area (Å²) in [6.07, 6.45) is 5.61. The topological polar surface area (TPSA) is 44.4 Å². The lowest BCUT2D eigenvalue weighted by Gasteiger charge is -2.40. The van der Waals surface area contributed by atoms with Crippen molar-refractivity contribution in [3.05, 3.63) is 47.2 Å². The van der Waals surface area contributed by atoms with E-state index in [0.717, 1.165) is 32.2 Å². The van der Waals surface area contributed by atoms with Gasteiger partial charge in [0.15, 0.2) is 0 Å². The maximum absolute atomic E-state index is 12.8. The number of allylic oxidation sites excluding steroid dienone is 1. The summed E-state index contributed by atoms with van der Waals surface area (Å²) in [5.41, 5.74) is 11.2. The molecular weight excluding hydrogens is 322 g/mol. The van der Waals surface area contributed by atoms with Gasteiger partial charge in [0.1, 0.15) is 0 Å². The summed E-state index contributed by atoms with van der Waals surface area (Å²) >= 11 is 0. The van der Waals surface area contributed by atoms with Crippen molar-refractivity contribution in [2.75, 3.05) is 0 Å². The van der Waals surface area contributed by atoms with Gasteiger partial charge in [0, 0.05) is 36.2 Å². The third-order valence-corrected chi connectivity index (χ3v) is 6.98. The van der Waals surface area contributed by atoms with Gasteiger partial charge in [-0.1, -0.05) is 50.6 Å². The molecule has 0 radical (unpaired) electrons. The fourth-order valence-corrected chi connectivity index (χ4v) is 6.00. The molecule has 2 aliphatic heterocycles. The first-order valence-electron chi connectivity index (χ1n) is 10.1. The van der Waals surface area contributed by atoms with Gasteiger partial charge >= 0.3 is 0 Å². The second-order valence-electron chi connectivity index (χ2n) is 9.38. The van der Waals surface area contributed by atoms with Crippen molar-refractivity contribution in [1.82, 2.24) is 15.8 Å². The largest absolute Gasteiger partial charge is 0.367 e. The Balaban J connectivity index is 1.60. The van der Waals surface area contributed by atoms with Crippen LogP contribution in [0.4, 0.5) is 0 Å². The van der Waals surface area contributed by atoms with Gasteiger partial charge in [0.2, 0.25) is 5.91 Å². The Labute approximate surface area is 156 Å². The summed E-state index contributed by atoms with van der Waals surface area (Å²) in [7, 11) is 0. The van der Waals surface area contributed by atoms with Crippen LogP contribution in [0.15, 0.2) is 41.6 Å². The van der Waals surface area contributed by atoms with Gasteiger partial charge in [-0.25, -0.2) is 5.43 Å². The number of hydrazine groups is 1. The smallest absolute Gasteiger partial charge is 0.237 e. The molecule has 4 heteroatoms. The highest BCUT2D eigenvalue weighted by molar-refractivity contribution is 5.80. The molecule has 1 amide bonds. The van der Waals surface area contributed by atoms with E-state index >= 15 is 0 Å². The van der Waals surface area contributed by atoms with Crippen LogP contribution in [0.3, 0.4) is 0 Å². The van der Waals surface area contributed by atoms with Crippen molar-refractivity contribution in [2.24, 2.45) is 17.3 Å². The van der Waals surface area contributed by atoms with E-state index in [9.17, 15) is 4.79 Å². The molecule has 4 atom stereocenters. The van der Waals surface area contributed by atoms with Crippen molar-refractivity contribution in [1.29, 1.82) is 0 Å². The Bertz CT molecular complexity index is 754. The highest BCUT2D eigenvalue weighted by Gasteiger charge is 2.54. The molecule has 2 N–H and O–H groups in total. The van der Waals surface area contributed by atoms with Gasteiger partial charge < -0.3 is 4.90 Å². The predicted molar refractivity (Wildman–Crippen MR) is 102 cm³/mol. The molecule has 5 rings (SSSR count). The van der Waals surface area contributed by atoms with Crippen molar-refractivity contribution in [3.63, 3.8) is 0 Å². The first-order chi connectivity index (χ1) is 12.5. The van der Waals surface area contributed by atoms with Crippen LogP contribution < -0.4 is 10.9 Å². The minimum absolute atomic E-state index is 0.137. The van der Waals surface area contributed by atoms with Crippen molar-refractivity contribution in [2.45, 2.75) is 64.6 Å². The van der Waals surface area contributed by atoms with E-state index in [1.165, 1.54) is 17.7 Å². The molecule has 138 valence electrons. The zero-order valence-electron chi connectivity index (χ0n) is 15.8. The van der Waals surface area contributed by atoms with Crippen LogP contribution in [0.2, 0.25) is 0 Å². The van der Waals surface area contributed by atoms with E-state index in [2.05, 4.69) is 59.9 Å². The average Bonchev–Trinajstić information content (AvgIpc) is 2.84. The predicted octanol–water partition coefficient (Wildman–Crippen LogP) is 3.36. The normalized spacial score (nSPS) is 35.0. The van der Waals surface area contributed by atoms with Crippen LogP contribution in [-0.2, 0) is 11.3 Å². The van der Waals surface area contributed by atoms with Gasteiger partial charge in [-0.05, 0) is 42.2 Å². The minimum Gasteiger partial charge on any atom is -0.367 e. The van der Waals surface area contributed by atoms with Crippen LogP contribution >= 0.6 is 0 Å². The molecule has 2 aliphatic carbocycles. The molecule has 2 fully saturated rings. The van der Waals surface area contributed by atoms with Crippen LogP contribution in [0, 0.1) is 17.3 Å². The molecule has 26 heavy (non-hydrogen) atoms. The molecular formula is C22H29N3O. The number of carbonyl (C=O) groups excluding carboxylic acids is 1. The summed E-state index contributed by atoms with van der Waals surface area (Å²) in [6.45, 7) is 5.70. The Morgan fingerprint density at radius 1 is 1.19 bits per heavy atom. The summed E-state index contributed by atoms with van der Waals surface area (Å²) in [6, 6.07) is 11.6. The molecule has 1 saturated heterocycles. The molecule has 1 aromatic carbocycles. The van der Waals surface area contributed by atoms with Crippen LogP contribution in [0.5, 0.6) is 0 Å². The number of nitrogens with zero attached hydrogens (tertiary/aromatic N) is 1. The number of hydrogen-bond acceptors (Lipinski definition) is 3. The Hall–Kier alpha value is -1.81. The number of nitrogens with one attached hydrogen (secondary N) is 2. The molecule has 0 aromatic heterocycles. The third kappa shape index (κ3) is 2.50. The molecule has 2 heterocycles. The standard InChI is InChI=1S/C22H29N3O/c1-22(2)11-16-20-18(12-22)25(13-14-7-4-3-5-8-14)17-10-6-9-15(19(17)20)21(26)24-23-16/h3-5,7-8,15-17,19,23H,6,9-13H2,1-2H3,(H,24,26). The minimum atomic E-state index is 0.137. The quantitative estimate of drug-likeness (QED) is 0.859. The van der Waals surface area contributed by atoms with Gasteiger partial charge in [-0.15, -0.1) is 0 Å². The Morgan fingerprint density at radius 2 is 2.00 bits per heavy atom. The summed E-state index contributed by atoms with van der Waals surface area (Å²) < 4.78 is 0. The zero-order valence-corrected chi connectivity index (χ0v) is 15.8. The molecule has 1 aromatic rings. The molecule has 0 bridgehead atoms. The zero-order chi connectivity index (χ0) is 17.9. The van der Waals surface area contributed by atoms with Gasteiger partial charge in [-0.3, -0.25) is 10.2 Å². The maximum atomic E-state index is 12.8. The van der Waals surface area contributed by atoms with E-state index < -0.39 is 0 Å². The first kappa shape index (κ1) is 16.4. The van der Waals surface area contributed by atoms with E-state index in [0.29, 0.717) is 12.0 Å². The third-order valence-electron chi connectivity index (χ3n) is 6.98. The number of benzene rings is 1. The van der Waals surface area contributed by atoms with Gasteiger partial charge in [-0.2, -0.15) is 0 Å². The average molecular weight is 351 g/mol. The Morgan fingerprint density at radius 3 is 2.81 bits per heavy atom. The van der Waals surface area contributed by atoms with E-state index in [1.54, 1.807) is 5.57 Å². The summed E-state index contributed by atoms with van der Waals surface area (Å²) in [4.78, 5) is 15.4. The number of rotatable bonds is 2. The lowest BCUT2D eigenvalue weighted by molar-refractivity contribution is -0.128. The fraction of sp³-hybridized carbons (Fsp3) is 0.591. The first-order valence-corrected chi connectivity index (χ1v) is 10.1. The lowest BCUT2D eigenvalue weighted by atomic mass is 9.67. The van der Waals surface area contributed by atoms with Crippen molar-refractivity contribution in [3.8, 4) is 0 Å². The summed E-state index contributed by atoms with van der Waals surface area (Å²) in [5.74, 6) is 0.747. The van der Waals surface area contributed by atoms with Crippen LogP contribution in [0.25, 0.3) is 0 Å². The maximum Gasteiger partial charge on any atom is 0.237 e. The van der Waals surface area contributed by atoms with Crippen LogP contribution in [-0.4, -0.2) is 22.9 Å². The van der Waals surface area contributed by atoms with Gasteiger partial charge in [0.25, 0.3) is 0 Å². The second-order valence-corrected chi connectivity index (χ2v) is 9.38. The van der Waals surface area contributed by atoms with E-state index in [1.807, 2.05) is 0 Å². The number of amides is 1. The second kappa shape index (κ2) is 5.85. The molecule has 4 unspecified atom stereocenters. The Kier molecular flexibility index (Phi) is 3.68. The SMILES string of the molecule is CC1(C)CC2=C3C(C1)NNC(=O)C1CCCC(C31)N2Cc1ccccc1. The van der Waals surface area contributed by atoms with E-state index in [-0.39, 0.29) is 23.3 Å².